The molecule has 0 aliphatic carbocycles. The third kappa shape index (κ3) is 7.34. The maximum absolute atomic E-state index is 6.12. The first kappa shape index (κ1) is 24.8. The second kappa shape index (κ2) is 12.4. The van der Waals surface area contributed by atoms with Crippen molar-refractivity contribution in [1.82, 2.24) is 15.8 Å². The Morgan fingerprint density at radius 1 is 1.15 bits per heavy atom. The quantitative estimate of drug-likeness (QED) is 0.223. The van der Waals surface area contributed by atoms with Crippen LogP contribution in [0.4, 0.5) is 0 Å². The highest BCUT2D eigenvalue weighted by Gasteiger charge is 2.15. The van der Waals surface area contributed by atoms with Gasteiger partial charge in [0, 0.05) is 40.8 Å². The average molecular weight is 547 g/mol. The van der Waals surface area contributed by atoms with Crippen molar-refractivity contribution < 1.29 is 14.0 Å². The standard InChI is InChI=1S/C26H29BrClN3O3/c1-18-11-23(31-34-18)17-33-24-7-8-26(32-10-2-9-29-14-19-15-30-16-19)21(12-24)4-3-20-5-6-22(28)13-25(20)27/h3-8,11-13,19,29-30H,2,9-10,14-17H2,1H3/b4-3+. The summed E-state index contributed by atoms with van der Waals surface area (Å²) in [6.45, 7) is 7.08. The molecule has 34 heavy (non-hydrogen) atoms. The second-order valence-corrected chi connectivity index (χ2v) is 9.64. The maximum atomic E-state index is 6.12. The highest BCUT2D eigenvalue weighted by molar-refractivity contribution is 9.10. The van der Waals surface area contributed by atoms with Crippen LogP contribution < -0.4 is 20.1 Å². The summed E-state index contributed by atoms with van der Waals surface area (Å²) in [7, 11) is 0. The van der Waals surface area contributed by atoms with Gasteiger partial charge in [0.15, 0.2) is 0 Å². The summed E-state index contributed by atoms with van der Waals surface area (Å²) in [5.41, 5.74) is 2.71. The number of nitrogens with one attached hydrogen (secondary N) is 2. The van der Waals surface area contributed by atoms with E-state index in [2.05, 4.69) is 31.7 Å². The zero-order valence-electron chi connectivity index (χ0n) is 19.2. The van der Waals surface area contributed by atoms with Crippen LogP contribution in [0.2, 0.25) is 5.02 Å². The summed E-state index contributed by atoms with van der Waals surface area (Å²) in [5.74, 6) is 3.07. The summed E-state index contributed by atoms with van der Waals surface area (Å²) in [4.78, 5) is 0. The van der Waals surface area contributed by atoms with Crippen LogP contribution in [0.15, 0.2) is 51.5 Å². The van der Waals surface area contributed by atoms with Crippen LogP contribution in [0, 0.1) is 12.8 Å². The Morgan fingerprint density at radius 3 is 2.74 bits per heavy atom. The monoisotopic (exact) mass is 545 g/mol. The summed E-state index contributed by atoms with van der Waals surface area (Å²) < 4.78 is 18.1. The summed E-state index contributed by atoms with van der Waals surface area (Å²) in [6.07, 6.45) is 5.00. The molecule has 2 N–H and O–H groups in total. The molecule has 180 valence electrons. The molecule has 2 heterocycles. The fraction of sp³-hybridized carbons (Fsp3) is 0.346. The van der Waals surface area contributed by atoms with Gasteiger partial charge in [-0.2, -0.15) is 0 Å². The predicted molar refractivity (Wildman–Crippen MR) is 139 cm³/mol. The van der Waals surface area contributed by atoms with Crippen molar-refractivity contribution in [3.8, 4) is 11.5 Å². The minimum absolute atomic E-state index is 0.339. The number of nitrogens with zero attached hydrogens (tertiary/aromatic N) is 1. The second-order valence-electron chi connectivity index (χ2n) is 8.35. The first-order valence-corrected chi connectivity index (χ1v) is 12.6. The van der Waals surface area contributed by atoms with E-state index in [0.29, 0.717) is 18.2 Å². The molecule has 3 aromatic rings. The summed E-state index contributed by atoms with van der Waals surface area (Å²) in [5, 5.41) is 11.5. The molecule has 2 aromatic carbocycles. The Kier molecular flexibility index (Phi) is 9.04. The smallest absolute Gasteiger partial charge is 0.134 e. The van der Waals surface area contributed by atoms with Crippen LogP contribution in [-0.2, 0) is 6.61 Å². The van der Waals surface area contributed by atoms with Crippen LogP contribution in [0.5, 0.6) is 11.5 Å². The first-order chi connectivity index (χ1) is 16.6. The Bertz CT molecular complexity index is 1110. The van der Waals surface area contributed by atoms with E-state index in [1.54, 1.807) is 0 Å². The van der Waals surface area contributed by atoms with Crippen LogP contribution in [0.25, 0.3) is 12.2 Å². The molecule has 1 aromatic heterocycles. The van der Waals surface area contributed by atoms with Crippen LogP contribution in [-0.4, -0.2) is 37.9 Å². The van der Waals surface area contributed by atoms with E-state index in [1.807, 2.05) is 61.5 Å². The molecule has 6 nitrogen and oxygen atoms in total. The Labute approximate surface area is 213 Å². The average Bonchev–Trinajstić information content (AvgIpc) is 3.21. The van der Waals surface area contributed by atoms with Crippen LogP contribution in [0.1, 0.15) is 29.0 Å². The lowest BCUT2D eigenvalue weighted by Gasteiger charge is -2.27. The Morgan fingerprint density at radius 2 is 2.00 bits per heavy atom. The van der Waals surface area contributed by atoms with Crippen LogP contribution in [0.3, 0.4) is 0 Å². The summed E-state index contributed by atoms with van der Waals surface area (Å²) >= 11 is 9.65. The molecule has 4 rings (SSSR count). The highest BCUT2D eigenvalue weighted by Crippen LogP contribution is 2.29. The molecule has 1 saturated heterocycles. The molecule has 1 aliphatic rings. The van der Waals surface area contributed by atoms with E-state index >= 15 is 0 Å². The number of benzene rings is 2. The zero-order chi connectivity index (χ0) is 23.8. The van der Waals surface area contributed by atoms with E-state index in [1.165, 1.54) is 0 Å². The Balaban J connectivity index is 1.40. The van der Waals surface area contributed by atoms with E-state index in [9.17, 15) is 0 Å². The zero-order valence-corrected chi connectivity index (χ0v) is 21.5. The Hall–Kier alpha value is -2.32. The molecule has 0 bridgehead atoms. The van der Waals surface area contributed by atoms with E-state index in [0.717, 1.165) is 77.1 Å². The number of hydrogen-bond acceptors (Lipinski definition) is 6. The third-order valence-corrected chi connectivity index (χ3v) is 6.43. The number of halogens is 2. The molecule has 0 atom stereocenters. The van der Waals surface area contributed by atoms with Gasteiger partial charge >= 0.3 is 0 Å². The maximum Gasteiger partial charge on any atom is 0.134 e. The topological polar surface area (TPSA) is 68.6 Å². The van der Waals surface area contributed by atoms with E-state index in [4.69, 9.17) is 25.6 Å². The molecule has 1 aliphatic heterocycles. The van der Waals surface area contributed by atoms with Gasteiger partial charge in [-0.3, -0.25) is 0 Å². The van der Waals surface area contributed by atoms with Gasteiger partial charge < -0.3 is 24.6 Å². The normalized spacial score (nSPS) is 13.9. The number of aryl methyl sites for hydroxylation is 1. The lowest BCUT2D eigenvalue weighted by Crippen LogP contribution is -2.47. The third-order valence-electron chi connectivity index (χ3n) is 5.50. The van der Waals surface area contributed by atoms with Crippen molar-refractivity contribution in [2.45, 2.75) is 20.0 Å². The summed E-state index contributed by atoms with van der Waals surface area (Å²) in [6, 6.07) is 13.4. The highest BCUT2D eigenvalue weighted by atomic mass is 79.9. The van der Waals surface area contributed by atoms with Crippen molar-refractivity contribution in [2.24, 2.45) is 5.92 Å². The molecule has 8 heteroatoms. The minimum Gasteiger partial charge on any atom is -0.493 e. The van der Waals surface area contributed by atoms with Crippen molar-refractivity contribution in [2.75, 3.05) is 32.8 Å². The van der Waals surface area contributed by atoms with Gasteiger partial charge in [0.05, 0.1) is 6.61 Å². The number of aromatic nitrogens is 1. The molecule has 0 amide bonds. The lowest BCUT2D eigenvalue weighted by atomic mass is 10.0. The molecule has 1 fully saturated rings. The molecular weight excluding hydrogens is 518 g/mol. The molecule has 0 unspecified atom stereocenters. The number of ether oxygens (including phenoxy) is 2. The fourth-order valence-electron chi connectivity index (χ4n) is 3.52. The SMILES string of the molecule is Cc1cc(COc2ccc(OCCCNCC3CNC3)c(/C=C/c3ccc(Cl)cc3Br)c2)no1. The minimum atomic E-state index is 0.339. The van der Waals surface area contributed by atoms with Gasteiger partial charge in [-0.15, -0.1) is 0 Å². The van der Waals surface area contributed by atoms with E-state index < -0.39 is 0 Å². The molecule has 0 spiro atoms. The van der Waals surface area contributed by atoms with Gasteiger partial charge in [-0.25, -0.2) is 0 Å². The molecule has 0 saturated carbocycles. The van der Waals surface area contributed by atoms with Gasteiger partial charge in [-0.05, 0) is 61.7 Å². The van der Waals surface area contributed by atoms with Crippen molar-refractivity contribution in [3.63, 3.8) is 0 Å². The lowest BCUT2D eigenvalue weighted by molar-refractivity contribution is 0.284. The van der Waals surface area contributed by atoms with Crippen molar-refractivity contribution in [1.29, 1.82) is 0 Å². The van der Waals surface area contributed by atoms with Gasteiger partial charge in [0.1, 0.15) is 29.6 Å². The van der Waals surface area contributed by atoms with Gasteiger partial charge in [0.2, 0.25) is 0 Å². The number of hydrogen-bond donors (Lipinski definition) is 2. The number of rotatable bonds is 12. The largest absolute Gasteiger partial charge is 0.493 e. The fourth-order valence-corrected chi connectivity index (χ4v) is 4.33. The van der Waals surface area contributed by atoms with Crippen molar-refractivity contribution in [3.05, 3.63) is 74.5 Å². The van der Waals surface area contributed by atoms with E-state index in [-0.39, 0.29) is 0 Å². The van der Waals surface area contributed by atoms with Crippen LogP contribution >= 0.6 is 27.5 Å². The first-order valence-electron chi connectivity index (χ1n) is 11.4. The van der Waals surface area contributed by atoms with Gasteiger partial charge in [-0.1, -0.05) is 50.9 Å². The molecule has 0 radical (unpaired) electrons. The molecular formula is C26H29BrClN3O3. The van der Waals surface area contributed by atoms with Gasteiger partial charge in [0.25, 0.3) is 0 Å². The predicted octanol–water partition coefficient (Wildman–Crippen LogP) is 5.73. The van der Waals surface area contributed by atoms with Crippen molar-refractivity contribution >= 4 is 39.7 Å².